The van der Waals surface area contributed by atoms with Crippen molar-refractivity contribution in [1.29, 1.82) is 0 Å². The van der Waals surface area contributed by atoms with Gasteiger partial charge in [0.05, 0.1) is 11.9 Å². The number of nitrogens with zero attached hydrogens (tertiary/aromatic N) is 1. The minimum absolute atomic E-state index is 0.346. The largest absolute Gasteiger partial charge is 0.398 e. The maximum Gasteiger partial charge on any atom is 0.131 e. The monoisotopic (exact) mass is 207 g/mol. The molecule has 0 saturated carbocycles. The number of hydrogen-bond acceptors (Lipinski definition) is 6. The van der Waals surface area contributed by atoms with E-state index < -0.39 is 6.17 Å². The lowest BCUT2D eigenvalue weighted by Crippen LogP contribution is -2.33. The smallest absolute Gasteiger partial charge is 0.131 e. The first-order chi connectivity index (χ1) is 7.02. The van der Waals surface area contributed by atoms with E-state index in [9.17, 15) is 5.21 Å². The molecule has 0 spiro atoms. The van der Waals surface area contributed by atoms with Crippen molar-refractivity contribution >= 4 is 17.1 Å². The number of hydrogen-bond donors (Lipinski definition) is 5. The van der Waals surface area contributed by atoms with Gasteiger partial charge < -0.3 is 22.9 Å². The van der Waals surface area contributed by atoms with E-state index in [1.54, 1.807) is 12.1 Å². The van der Waals surface area contributed by atoms with Crippen LogP contribution in [0.3, 0.4) is 0 Å². The van der Waals surface area contributed by atoms with Gasteiger partial charge in [-0.25, -0.2) is 5.06 Å². The van der Waals surface area contributed by atoms with Crippen LogP contribution in [0.15, 0.2) is 18.3 Å². The van der Waals surface area contributed by atoms with Gasteiger partial charge in [0.1, 0.15) is 6.17 Å². The van der Waals surface area contributed by atoms with E-state index in [2.05, 4.69) is 0 Å². The van der Waals surface area contributed by atoms with Crippen LogP contribution in [-0.2, 0) is 0 Å². The van der Waals surface area contributed by atoms with Gasteiger partial charge in [-0.2, -0.15) is 0 Å². The lowest BCUT2D eigenvalue weighted by Gasteiger charge is -2.30. The van der Waals surface area contributed by atoms with Crippen LogP contribution in [0.4, 0.5) is 11.4 Å². The van der Waals surface area contributed by atoms with Crippen molar-refractivity contribution in [1.82, 2.24) is 5.06 Å². The highest BCUT2D eigenvalue weighted by Crippen LogP contribution is 2.36. The molecular formula is C9H13N5O. The molecule has 1 atom stereocenters. The minimum Gasteiger partial charge on any atom is -0.398 e. The van der Waals surface area contributed by atoms with E-state index in [0.717, 1.165) is 5.06 Å². The van der Waals surface area contributed by atoms with E-state index in [0.29, 0.717) is 28.2 Å². The summed E-state index contributed by atoms with van der Waals surface area (Å²) < 4.78 is 0. The second-order valence-electron chi connectivity index (χ2n) is 3.44. The van der Waals surface area contributed by atoms with Crippen molar-refractivity contribution in [2.45, 2.75) is 6.17 Å². The number of nitrogens with two attached hydrogens (primary N) is 4. The quantitative estimate of drug-likeness (QED) is 0.374. The molecule has 1 aliphatic heterocycles. The van der Waals surface area contributed by atoms with Crippen molar-refractivity contribution < 1.29 is 5.21 Å². The lowest BCUT2D eigenvalue weighted by molar-refractivity contribution is -0.0799. The van der Waals surface area contributed by atoms with Crippen LogP contribution >= 0.6 is 0 Å². The standard InChI is InChI=1S/C9H13N5O/c10-4-1-2-5(11)8-7(4)6(12)3-14(15)9(8)13/h1-3,9,15H,10-13H2. The molecule has 9 N–H and O–H groups in total. The fourth-order valence-electron chi connectivity index (χ4n) is 1.71. The lowest BCUT2D eigenvalue weighted by atomic mass is 9.96. The molecule has 1 aromatic rings. The van der Waals surface area contributed by atoms with Gasteiger partial charge in [0.2, 0.25) is 0 Å². The van der Waals surface area contributed by atoms with Gasteiger partial charge in [0.25, 0.3) is 0 Å². The fourth-order valence-corrected chi connectivity index (χ4v) is 1.71. The van der Waals surface area contributed by atoms with Gasteiger partial charge in [-0.1, -0.05) is 0 Å². The minimum atomic E-state index is -0.740. The summed E-state index contributed by atoms with van der Waals surface area (Å²) in [6.07, 6.45) is 0.582. The van der Waals surface area contributed by atoms with Crippen LogP contribution in [0.25, 0.3) is 5.70 Å². The Kier molecular flexibility index (Phi) is 1.95. The Morgan fingerprint density at radius 2 is 1.73 bits per heavy atom. The molecule has 1 aliphatic rings. The highest BCUT2D eigenvalue weighted by Gasteiger charge is 2.26. The molecule has 0 radical (unpaired) electrons. The molecule has 0 saturated heterocycles. The topological polar surface area (TPSA) is 128 Å². The maximum atomic E-state index is 9.47. The summed E-state index contributed by atoms with van der Waals surface area (Å²) in [5, 5.41) is 10.3. The van der Waals surface area contributed by atoms with Crippen LogP contribution in [0.1, 0.15) is 17.3 Å². The summed E-state index contributed by atoms with van der Waals surface area (Å²) in [6.45, 7) is 0. The average Bonchev–Trinajstić information content (AvgIpc) is 2.18. The van der Waals surface area contributed by atoms with Crippen molar-refractivity contribution in [2.75, 3.05) is 11.5 Å². The first-order valence-corrected chi connectivity index (χ1v) is 4.40. The Labute approximate surface area is 86.7 Å². The Morgan fingerprint density at radius 3 is 2.40 bits per heavy atom. The molecule has 0 fully saturated rings. The first-order valence-electron chi connectivity index (χ1n) is 4.40. The van der Waals surface area contributed by atoms with Gasteiger partial charge in [0.15, 0.2) is 0 Å². The first kappa shape index (κ1) is 9.63. The summed E-state index contributed by atoms with van der Waals surface area (Å²) in [7, 11) is 0. The van der Waals surface area contributed by atoms with E-state index >= 15 is 0 Å². The molecule has 1 unspecified atom stereocenters. The number of nitrogen functional groups attached to an aromatic ring is 2. The molecule has 0 aromatic heterocycles. The molecular weight excluding hydrogens is 194 g/mol. The predicted molar refractivity (Wildman–Crippen MR) is 58.0 cm³/mol. The number of hydroxylamine groups is 2. The van der Waals surface area contributed by atoms with E-state index in [1.807, 2.05) is 0 Å². The second kappa shape index (κ2) is 3.04. The SMILES string of the molecule is NC1=CN(O)C(N)c2c(N)ccc(N)c21. The summed E-state index contributed by atoms with van der Waals surface area (Å²) in [4.78, 5) is 0. The summed E-state index contributed by atoms with van der Waals surface area (Å²) >= 11 is 0. The Hall–Kier alpha value is -1.92. The van der Waals surface area contributed by atoms with Gasteiger partial charge >= 0.3 is 0 Å². The zero-order chi connectivity index (χ0) is 11.2. The Bertz CT molecular complexity index is 442. The van der Waals surface area contributed by atoms with Crippen molar-refractivity contribution in [3.05, 3.63) is 29.5 Å². The van der Waals surface area contributed by atoms with Crippen LogP contribution < -0.4 is 22.9 Å². The fraction of sp³-hybridized carbons (Fsp3) is 0.111. The third-order valence-corrected chi connectivity index (χ3v) is 2.45. The molecule has 1 aromatic carbocycles. The van der Waals surface area contributed by atoms with Crippen LogP contribution in [0.2, 0.25) is 0 Å². The van der Waals surface area contributed by atoms with Crippen molar-refractivity contribution in [2.24, 2.45) is 11.5 Å². The van der Waals surface area contributed by atoms with Gasteiger partial charge in [-0.3, -0.25) is 5.21 Å². The van der Waals surface area contributed by atoms with Gasteiger partial charge in [-0.05, 0) is 12.1 Å². The molecule has 6 nitrogen and oxygen atoms in total. The molecule has 15 heavy (non-hydrogen) atoms. The number of rotatable bonds is 0. The molecule has 80 valence electrons. The average molecular weight is 207 g/mol. The third-order valence-electron chi connectivity index (χ3n) is 2.45. The third kappa shape index (κ3) is 1.27. The number of fused-ring (bicyclic) bond motifs is 1. The van der Waals surface area contributed by atoms with E-state index in [4.69, 9.17) is 22.9 Å². The zero-order valence-electron chi connectivity index (χ0n) is 8.01. The van der Waals surface area contributed by atoms with Crippen LogP contribution in [0, 0.1) is 0 Å². The van der Waals surface area contributed by atoms with Crippen LogP contribution in [-0.4, -0.2) is 10.3 Å². The van der Waals surface area contributed by atoms with E-state index in [-0.39, 0.29) is 0 Å². The highest BCUT2D eigenvalue weighted by atomic mass is 16.5. The highest BCUT2D eigenvalue weighted by molar-refractivity contribution is 5.81. The Morgan fingerprint density at radius 1 is 1.13 bits per heavy atom. The van der Waals surface area contributed by atoms with Gasteiger partial charge in [-0.15, -0.1) is 0 Å². The second-order valence-corrected chi connectivity index (χ2v) is 3.44. The predicted octanol–water partition coefficient (Wildman–Crippen LogP) is -0.230. The molecule has 1 heterocycles. The molecule has 0 amide bonds. The number of benzene rings is 1. The maximum absolute atomic E-state index is 9.47. The molecule has 6 heteroatoms. The summed E-state index contributed by atoms with van der Waals surface area (Å²) in [5.41, 5.74) is 25.5. The van der Waals surface area contributed by atoms with Crippen molar-refractivity contribution in [3.8, 4) is 0 Å². The Balaban J connectivity index is 2.74. The normalized spacial score (nSPS) is 19.7. The van der Waals surface area contributed by atoms with Crippen LogP contribution in [0.5, 0.6) is 0 Å². The van der Waals surface area contributed by atoms with E-state index in [1.165, 1.54) is 6.20 Å². The van der Waals surface area contributed by atoms with Gasteiger partial charge in [0, 0.05) is 22.5 Å². The molecule has 2 rings (SSSR count). The molecule has 0 aliphatic carbocycles. The summed E-state index contributed by atoms with van der Waals surface area (Å²) in [5.74, 6) is 0. The zero-order valence-corrected chi connectivity index (χ0v) is 8.01. The number of anilines is 2. The van der Waals surface area contributed by atoms with Crippen molar-refractivity contribution in [3.63, 3.8) is 0 Å². The molecule has 0 bridgehead atoms. The summed E-state index contributed by atoms with van der Waals surface area (Å²) in [6, 6.07) is 3.30.